The number of para-hydroxylation sites is 5. The molecule has 0 unspecified atom stereocenters. The first kappa shape index (κ1) is 24.0. The van der Waals surface area contributed by atoms with Gasteiger partial charge in [-0.05, 0) is 80.3 Å². The monoisotopic (exact) mass is 520 g/mol. The van der Waals surface area contributed by atoms with Gasteiger partial charge in [0.05, 0.1) is 33.5 Å². The standard InChI is InChI=1S/C34H28N6/c1-21-10-7-11-22(2)31(21)39-29(19-18-25-14-9-17-28-30(25)36-20-35-28)40(32-23(3)12-8-13-24(32)4)34-33(39)37-26-15-5-6-16-27(26)38-34/h5-20H,1-4H3/b25-18-. The SMILES string of the molecule is Cc1cccc(C)c1N1C(=C/C=c2/cccc3c2=NC=N3)N(c2c(C)cccc2C)c2nc3ccccc3nc21. The molecule has 0 amide bonds. The maximum Gasteiger partial charge on any atom is 0.183 e. The minimum absolute atomic E-state index is 0.810. The number of fused-ring (bicyclic) bond motifs is 3. The first-order valence-electron chi connectivity index (χ1n) is 13.4. The van der Waals surface area contributed by atoms with Crippen LogP contribution in [0.5, 0.6) is 0 Å². The predicted octanol–water partition coefficient (Wildman–Crippen LogP) is 6.77. The van der Waals surface area contributed by atoms with Gasteiger partial charge in [0.25, 0.3) is 0 Å². The second kappa shape index (κ2) is 9.27. The molecule has 0 N–H and O–H groups in total. The summed E-state index contributed by atoms with van der Waals surface area (Å²) in [5.74, 6) is 2.58. The highest BCUT2D eigenvalue weighted by atomic mass is 15.5. The van der Waals surface area contributed by atoms with Crippen molar-refractivity contribution in [3.63, 3.8) is 0 Å². The Morgan fingerprint density at radius 2 is 1.10 bits per heavy atom. The van der Waals surface area contributed by atoms with E-state index in [1.807, 2.05) is 36.4 Å². The average molecular weight is 521 g/mol. The van der Waals surface area contributed by atoms with E-state index in [1.54, 1.807) is 6.34 Å². The van der Waals surface area contributed by atoms with Gasteiger partial charge in [0.15, 0.2) is 11.6 Å². The summed E-state index contributed by atoms with van der Waals surface area (Å²) in [4.78, 5) is 23.9. The summed E-state index contributed by atoms with van der Waals surface area (Å²) in [5, 5.41) is 1.89. The highest BCUT2D eigenvalue weighted by Gasteiger charge is 2.38. The first-order valence-corrected chi connectivity index (χ1v) is 13.4. The lowest BCUT2D eigenvalue weighted by molar-refractivity contribution is 1.08. The van der Waals surface area contributed by atoms with E-state index in [-0.39, 0.29) is 0 Å². The second-order valence-corrected chi connectivity index (χ2v) is 10.3. The summed E-state index contributed by atoms with van der Waals surface area (Å²) in [5.41, 5.74) is 9.48. The van der Waals surface area contributed by atoms with Gasteiger partial charge in [0.2, 0.25) is 0 Å². The molecule has 2 aliphatic rings. The third-order valence-electron chi connectivity index (χ3n) is 7.58. The lowest BCUT2D eigenvalue weighted by atomic mass is 10.1. The van der Waals surface area contributed by atoms with Crippen molar-refractivity contribution < 1.29 is 0 Å². The molecule has 0 aliphatic carbocycles. The number of aryl methyl sites for hydroxylation is 4. The van der Waals surface area contributed by atoms with Crippen molar-refractivity contribution in [2.24, 2.45) is 9.98 Å². The Morgan fingerprint density at radius 1 is 0.575 bits per heavy atom. The molecule has 6 nitrogen and oxygen atoms in total. The van der Waals surface area contributed by atoms with Crippen LogP contribution in [0.15, 0.2) is 101 Å². The Morgan fingerprint density at radius 3 is 1.65 bits per heavy atom. The lowest BCUT2D eigenvalue weighted by Crippen LogP contribution is -2.26. The zero-order valence-corrected chi connectivity index (χ0v) is 22.9. The third kappa shape index (κ3) is 3.72. The fourth-order valence-corrected chi connectivity index (χ4v) is 5.75. The molecule has 0 atom stereocenters. The molecule has 0 radical (unpaired) electrons. The minimum Gasteiger partial charge on any atom is -0.276 e. The normalized spacial score (nSPS) is 14.1. The maximum absolute atomic E-state index is 5.22. The van der Waals surface area contributed by atoms with Gasteiger partial charge >= 0.3 is 0 Å². The number of allylic oxidation sites excluding steroid dienone is 1. The summed E-state index contributed by atoms with van der Waals surface area (Å²) in [6.07, 6.45) is 5.90. The number of benzene rings is 4. The minimum atomic E-state index is 0.810. The Kier molecular flexibility index (Phi) is 5.56. The number of hydrogen-bond acceptors (Lipinski definition) is 6. The number of aliphatic imine (C=N–C) groups is 1. The first-order chi connectivity index (χ1) is 19.5. The van der Waals surface area contributed by atoms with E-state index in [2.05, 4.69) is 102 Å². The Hall–Kier alpha value is -5.10. The number of anilines is 4. The van der Waals surface area contributed by atoms with Crippen LogP contribution in [-0.4, -0.2) is 16.3 Å². The zero-order valence-electron chi connectivity index (χ0n) is 22.9. The van der Waals surface area contributed by atoms with E-state index in [0.717, 1.165) is 56.1 Å². The van der Waals surface area contributed by atoms with E-state index in [0.29, 0.717) is 0 Å². The van der Waals surface area contributed by atoms with E-state index in [1.165, 1.54) is 22.3 Å². The average Bonchev–Trinajstić information content (AvgIpc) is 3.54. The Labute approximate surface area is 233 Å². The van der Waals surface area contributed by atoms with Crippen molar-refractivity contribution in [1.29, 1.82) is 0 Å². The quantitative estimate of drug-likeness (QED) is 0.264. The van der Waals surface area contributed by atoms with Crippen LogP contribution in [0.4, 0.5) is 28.7 Å². The highest BCUT2D eigenvalue weighted by Crippen LogP contribution is 2.51. The number of rotatable bonds is 3. The van der Waals surface area contributed by atoms with Gasteiger partial charge in [0, 0.05) is 5.22 Å². The van der Waals surface area contributed by atoms with Crippen LogP contribution in [0.2, 0.25) is 0 Å². The molecule has 1 aromatic heterocycles. The lowest BCUT2D eigenvalue weighted by Gasteiger charge is -2.28. The van der Waals surface area contributed by atoms with E-state index >= 15 is 0 Å². The third-order valence-corrected chi connectivity index (χ3v) is 7.58. The van der Waals surface area contributed by atoms with Crippen LogP contribution < -0.4 is 20.4 Å². The van der Waals surface area contributed by atoms with Crippen LogP contribution in [0, 0.1) is 27.7 Å². The molecule has 194 valence electrons. The molecule has 4 aromatic carbocycles. The molecule has 0 saturated heterocycles. The zero-order chi connectivity index (χ0) is 27.4. The molecule has 7 rings (SSSR count). The fourth-order valence-electron chi connectivity index (χ4n) is 5.75. The molecule has 3 heterocycles. The Bertz CT molecular complexity index is 1880. The van der Waals surface area contributed by atoms with Crippen LogP contribution in [0.3, 0.4) is 0 Å². The van der Waals surface area contributed by atoms with Gasteiger partial charge < -0.3 is 0 Å². The number of aromatic nitrogens is 2. The molecule has 0 fully saturated rings. The van der Waals surface area contributed by atoms with Crippen molar-refractivity contribution >= 4 is 52.1 Å². The van der Waals surface area contributed by atoms with Gasteiger partial charge in [-0.1, -0.05) is 60.7 Å². The summed E-state index contributed by atoms with van der Waals surface area (Å²) >= 11 is 0. The van der Waals surface area contributed by atoms with Crippen LogP contribution >= 0.6 is 0 Å². The maximum atomic E-state index is 5.22. The van der Waals surface area contributed by atoms with Crippen molar-refractivity contribution in [3.05, 3.63) is 124 Å². The molecule has 0 saturated carbocycles. The van der Waals surface area contributed by atoms with Gasteiger partial charge in [-0.15, -0.1) is 0 Å². The Balaban J connectivity index is 1.59. The smallest absolute Gasteiger partial charge is 0.183 e. The molecule has 6 heteroatoms. The van der Waals surface area contributed by atoms with Crippen LogP contribution in [0.25, 0.3) is 17.1 Å². The van der Waals surface area contributed by atoms with Gasteiger partial charge in [0.1, 0.15) is 12.2 Å². The highest BCUT2D eigenvalue weighted by molar-refractivity contribution is 5.95. The summed E-state index contributed by atoms with van der Waals surface area (Å²) in [6, 6.07) is 27.0. The molecule has 2 aliphatic heterocycles. The molecule has 0 bridgehead atoms. The fraction of sp³-hybridized carbons (Fsp3) is 0.118. The number of nitrogens with zero attached hydrogens (tertiary/aromatic N) is 6. The molecule has 40 heavy (non-hydrogen) atoms. The number of hydrogen-bond donors (Lipinski definition) is 0. The van der Waals surface area contributed by atoms with Gasteiger partial charge in [-0.3, -0.25) is 9.80 Å². The van der Waals surface area contributed by atoms with Gasteiger partial charge in [-0.25, -0.2) is 20.0 Å². The summed E-state index contributed by atoms with van der Waals surface area (Å²) in [6.45, 7) is 8.61. The van der Waals surface area contributed by atoms with Crippen LogP contribution in [0.1, 0.15) is 22.3 Å². The largest absolute Gasteiger partial charge is 0.276 e. The molecule has 5 aromatic rings. The molecule has 0 spiro atoms. The van der Waals surface area contributed by atoms with Crippen molar-refractivity contribution in [2.45, 2.75) is 27.7 Å². The van der Waals surface area contributed by atoms with Gasteiger partial charge in [-0.2, -0.15) is 0 Å². The predicted molar refractivity (Wildman–Crippen MR) is 164 cm³/mol. The van der Waals surface area contributed by atoms with E-state index < -0.39 is 0 Å². The van der Waals surface area contributed by atoms with Crippen molar-refractivity contribution in [2.75, 3.05) is 9.80 Å². The van der Waals surface area contributed by atoms with Crippen LogP contribution in [-0.2, 0) is 0 Å². The van der Waals surface area contributed by atoms with E-state index in [9.17, 15) is 0 Å². The molecular formula is C34H28N6. The van der Waals surface area contributed by atoms with Crippen molar-refractivity contribution in [3.8, 4) is 0 Å². The summed E-state index contributed by atoms with van der Waals surface area (Å²) < 4.78 is 0. The topological polar surface area (TPSA) is 57.0 Å². The van der Waals surface area contributed by atoms with E-state index in [4.69, 9.17) is 9.97 Å². The van der Waals surface area contributed by atoms with Crippen molar-refractivity contribution in [1.82, 2.24) is 9.97 Å². The molecular weight excluding hydrogens is 492 g/mol. The second-order valence-electron chi connectivity index (χ2n) is 10.3. The summed E-state index contributed by atoms with van der Waals surface area (Å²) in [7, 11) is 0.